The SMILES string of the molecule is C#C/C=C\C[C@@H]1CCC[C@@H]2N[C@H](CC=C)CC[C@@H]12. The average molecular weight is 243 g/mol. The van der Waals surface area contributed by atoms with Gasteiger partial charge in [0.2, 0.25) is 0 Å². The monoisotopic (exact) mass is 243 g/mol. The molecule has 0 amide bonds. The molecular weight excluding hydrogens is 218 g/mol. The van der Waals surface area contributed by atoms with Crippen molar-refractivity contribution in [2.75, 3.05) is 0 Å². The van der Waals surface area contributed by atoms with Gasteiger partial charge >= 0.3 is 0 Å². The molecule has 0 aromatic rings. The number of piperidine rings is 1. The van der Waals surface area contributed by atoms with Crippen molar-refractivity contribution in [2.45, 2.75) is 57.0 Å². The molecule has 4 atom stereocenters. The molecule has 18 heavy (non-hydrogen) atoms. The van der Waals surface area contributed by atoms with Crippen LogP contribution in [-0.4, -0.2) is 12.1 Å². The van der Waals surface area contributed by atoms with Gasteiger partial charge in [0, 0.05) is 12.1 Å². The second kappa shape index (κ2) is 6.81. The predicted molar refractivity (Wildman–Crippen MR) is 78.2 cm³/mol. The van der Waals surface area contributed by atoms with E-state index >= 15 is 0 Å². The normalized spacial score (nSPS) is 35.9. The Morgan fingerprint density at radius 3 is 2.89 bits per heavy atom. The number of hydrogen-bond acceptors (Lipinski definition) is 1. The smallest absolute Gasteiger partial charge is 0.0104 e. The van der Waals surface area contributed by atoms with Crippen LogP contribution in [0.25, 0.3) is 0 Å². The Morgan fingerprint density at radius 1 is 1.22 bits per heavy atom. The summed E-state index contributed by atoms with van der Waals surface area (Å²) in [5.41, 5.74) is 0. The van der Waals surface area contributed by atoms with E-state index in [9.17, 15) is 0 Å². The Hall–Kier alpha value is -1.00. The van der Waals surface area contributed by atoms with Gasteiger partial charge in [-0.05, 0) is 56.4 Å². The zero-order valence-corrected chi connectivity index (χ0v) is 11.3. The lowest BCUT2D eigenvalue weighted by Crippen LogP contribution is -2.51. The number of allylic oxidation sites excluding steroid dienone is 2. The van der Waals surface area contributed by atoms with Gasteiger partial charge in [0.25, 0.3) is 0 Å². The van der Waals surface area contributed by atoms with Gasteiger partial charge in [-0.1, -0.05) is 24.5 Å². The van der Waals surface area contributed by atoms with E-state index in [1.165, 1.54) is 38.5 Å². The zero-order chi connectivity index (χ0) is 12.8. The molecule has 0 bridgehead atoms. The maximum atomic E-state index is 5.27. The van der Waals surface area contributed by atoms with Gasteiger partial charge in [0.05, 0.1) is 0 Å². The summed E-state index contributed by atoms with van der Waals surface area (Å²) in [4.78, 5) is 0. The Labute approximate surface area is 112 Å². The van der Waals surface area contributed by atoms with E-state index in [4.69, 9.17) is 6.42 Å². The van der Waals surface area contributed by atoms with Crippen LogP contribution in [0.3, 0.4) is 0 Å². The molecule has 1 saturated heterocycles. The maximum absolute atomic E-state index is 5.27. The molecule has 0 unspecified atom stereocenters. The van der Waals surface area contributed by atoms with Gasteiger partial charge in [-0.25, -0.2) is 0 Å². The van der Waals surface area contributed by atoms with Crippen LogP contribution in [0.2, 0.25) is 0 Å². The fraction of sp³-hybridized carbons (Fsp3) is 0.647. The number of terminal acetylenes is 1. The Morgan fingerprint density at radius 2 is 2.11 bits per heavy atom. The Kier molecular flexibility index (Phi) is 5.08. The van der Waals surface area contributed by atoms with E-state index in [-0.39, 0.29) is 0 Å². The third kappa shape index (κ3) is 3.27. The van der Waals surface area contributed by atoms with Crippen molar-refractivity contribution in [3.05, 3.63) is 24.8 Å². The number of nitrogens with one attached hydrogen (secondary N) is 1. The van der Waals surface area contributed by atoms with E-state index in [1.807, 2.05) is 12.2 Å². The molecule has 1 heterocycles. The molecule has 1 nitrogen and oxygen atoms in total. The lowest BCUT2D eigenvalue weighted by atomic mass is 9.69. The van der Waals surface area contributed by atoms with Crippen LogP contribution in [0.4, 0.5) is 0 Å². The number of fused-ring (bicyclic) bond motifs is 1. The first kappa shape index (κ1) is 13.4. The highest BCUT2D eigenvalue weighted by Gasteiger charge is 2.36. The van der Waals surface area contributed by atoms with E-state index < -0.39 is 0 Å². The van der Waals surface area contributed by atoms with Crippen molar-refractivity contribution in [2.24, 2.45) is 11.8 Å². The Balaban J connectivity index is 1.91. The van der Waals surface area contributed by atoms with Crippen molar-refractivity contribution in [3.63, 3.8) is 0 Å². The van der Waals surface area contributed by atoms with Gasteiger partial charge in [0.15, 0.2) is 0 Å². The standard InChI is InChI=1S/C17H25N/c1-3-5-6-9-14-10-7-11-17-16(14)13-12-15(18-17)8-4-2/h1,4-6,14-18H,2,7-13H2/b6-5-/t14-,15-,16+,17+/m1/s1. The summed E-state index contributed by atoms with van der Waals surface area (Å²) in [6, 6.07) is 1.41. The van der Waals surface area contributed by atoms with E-state index in [1.54, 1.807) is 0 Å². The molecule has 1 heteroatoms. The van der Waals surface area contributed by atoms with Crippen molar-refractivity contribution in [1.82, 2.24) is 5.32 Å². The first-order valence-corrected chi connectivity index (χ1v) is 7.33. The van der Waals surface area contributed by atoms with Crippen molar-refractivity contribution in [3.8, 4) is 12.3 Å². The van der Waals surface area contributed by atoms with E-state index in [2.05, 4.69) is 23.9 Å². The summed E-state index contributed by atoms with van der Waals surface area (Å²) in [5, 5.41) is 3.84. The minimum Gasteiger partial charge on any atom is -0.311 e. The van der Waals surface area contributed by atoms with Gasteiger partial charge in [0.1, 0.15) is 0 Å². The van der Waals surface area contributed by atoms with Crippen LogP contribution in [-0.2, 0) is 0 Å². The largest absolute Gasteiger partial charge is 0.311 e. The summed E-state index contributed by atoms with van der Waals surface area (Å²) in [5.74, 6) is 4.30. The van der Waals surface area contributed by atoms with Crippen LogP contribution in [0.15, 0.2) is 24.8 Å². The van der Waals surface area contributed by atoms with Gasteiger partial charge in [-0.2, -0.15) is 0 Å². The second-order valence-corrected chi connectivity index (χ2v) is 5.73. The average Bonchev–Trinajstić information content (AvgIpc) is 2.39. The summed E-state index contributed by atoms with van der Waals surface area (Å²) < 4.78 is 0. The van der Waals surface area contributed by atoms with Crippen LogP contribution >= 0.6 is 0 Å². The number of rotatable bonds is 4. The van der Waals surface area contributed by atoms with Gasteiger partial charge in [-0.3, -0.25) is 0 Å². The highest BCUT2D eigenvalue weighted by molar-refractivity contribution is 5.09. The van der Waals surface area contributed by atoms with Crippen LogP contribution in [0.5, 0.6) is 0 Å². The fourth-order valence-electron chi connectivity index (χ4n) is 3.77. The molecule has 1 aliphatic heterocycles. The summed E-state index contributed by atoms with van der Waals surface area (Å²) in [6.45, 7) is 3.86. The molecule has 0 aromatic heterocycles. The van der Waals surface area contributed by atoms with Crippen molar-refractivity contribution >= 4 is 0 Å². The predicted octanol–water partition coefficient (Wildman–Crippen LogP) is 3.68. The van der Waals surface area contributed by atoms with Gasteiger partial charge < -0.3 is 5.32 Å². The van der Waals surface area contributed by atoms with Crippen molar-refractivity contribution < 1.29 is 0 Å². The molecule has 1 saturated carbocycles. The first-order valence-electron chi connectivity index (χ1n) is 7.33. The quantitative estimate of drug-likeness (QED) is 0.586. The highest BCUT2D eigenvalue weighted by Crippen LogP contribution is 2.39. The third-order valence-corrected chi connectivity index (χ3v) is 4.61. The molecule has 2 fully saturated rings. The molecule has 1 N–H and O–H groups in total. The lowest BCUT2D eigenvalue weighted by molar-refractivity contribution is 0.117. The van der Waals surface area contributed by atoms with E-state index in [0.29, 0.717) is 6.04 Å². The highest BCUT2D eigenvalue weighted by atomic mass is 15.0. The molecule has 0 radical (unpaired) electrons. The minimum absolute atomic E-state index is 0.670. The second-order valence-electron chi connectivity index (χ2n) is 5.73. The van der Waals surface area contributed by atoms with Gasteiger partial charge in [-0.15, -0.1) is 13.0 Å². The third-order valence-electron chi connectivity index (χ3n) is 4.61. The zero-order valence-electron chi connectivity index (χ0n) is 11.3. The van der Waals surface area contributed by atoms with Crippen LogP contribution in [0, 0.1) is 24.2 Å². The van der Waals surface area contributed by atoms with Crippen molar-refractivity contribution in [1.29, 1.82) is 0 Å². The molecular formula is C17H25N. The van der Waals surface area contributed by atoms with E-state index in [0.717, 1.165) is 24.3 Å². The molecule has 2 rings (SSSR count). The summed E-state index contributed by atoms with van der Waals surface area (Å²) >= 11 is 0. The minimum atomic E-state index is 0.670. The Bertz CT molecular complexity index is 336. The number of hydrogen-bond donors (Lipinski definition) is 1. The summed E-state index contributed by atoms with van der Waals surface area (Å²) in [7, 11) is 0. The van der Waals surface area contributed by atoms with Crippen LogP contribution < -0.4 is 5.32 Å². The molecule has 2 aliphatic rings. The van der Waals surface area contributed by atoms with Crippen LogP contribution in [0.1, 0.15) is 44.9 Å². The fourth-order valence-corrected chi connectivity index (χ4v) is 3.77. The molecule has 98 valence electrons. The molecule has 1 aliphatic carbocycles. The molecule has 0 aromatic carbocycles. The molecule has 0 spiro atoms. The maximum Gasteiger partial charge on any atom is 0.0104 e. The topological polar surface area (TPSA) is 12.0 Å². The first-order chi connectivity index (χ1) is 8.85. The summed E-state index contributed by atoms with van der Waals surface area (Å²) in [6.07, 6.45) is 20.4. The lowest BCUT2D eigenvalue weighted by Gasteiger charge is -2.44.